The van der Waals surface area contributed by atoms with Gasteiger partial charge in [0, 0.05) is 25.2 Å². The van der Waals surface area contributed by atoms with Gasteiger partial charge < -0.3 is 15.4 Å². The van der Waals surface area contributed by atoms with Crippen molar-refractivity contribution in [2.45, 2.75) is 77.3 Å². The smallest absolute Gasteiger partial charge is 0.256 e. The predicted octanol–water partition coefficient (Wildman–Crippen LogP) is 5.90. The van der Waals surface area contributed by atoms with Gasteiger partial charge >= 0.3 is 0 Å². The molecule has 0 radical (unpaired) electrons. The molecule has 3 rings (SSSR count). The summed E-state index contributed by atoms with van der Waals surface area (Å²) in [6.07, 6.45) is 12.8. The molecule has 1 aliphatic rings. The summed E-state index contributed by atoms with van der Waals surface area (Å²) in [7, 11) is 0. The lowest BCUT2D eigenvalue weighted by Crippen LogP contribution is -2.57. The van der Waals surface area contributed by atoms with Crippen molar-refractivity contribution < 1.29 is 9.53 Å². The van der Waals surface area contributed by atoms with E-state index in [0.29, 0.717) is 17.9 Å². The third kappa shape index (κ3) is 8.77. The van der Waals surface area contributed by atoms with Gasteiger partial charge in [-0.25, -0.2) is 0 Å². The summed E-state index contributed by atoms with van der Waals surface area (Å²) < 4.78 is 6.31. The molecule has 34 heavy (non-hydrogen) atoms. The van der Waals surface area contributed by atoms with Gasteiger partial charge in [-0.2, -0.15) is 0 Å². The number of amides is 1. The third-order valence-electron chi connectivity index (χ3n) is 6.44. The van der Waals surface area contributed by atoms with Crippen molar-refractivity contribution in [2.75, 3.05) is 26.2 Å². The van der Waals surface area contributed by atoms with E-state index in [2.05, 4.69) is 35.0 Å². The van der Waals surface area contributed by atoms with Crippen molar-refractivity contribution in [2.24, 2.45) is 0 Å². The van der Waals surface area contributed by atoms with E-state index in [9.17, 15) is 4.79 Å². The van der Waals surface area contributed by atoms with Crippen LogP contribution < -0.4 is 20.7 Å². The normalized spacial score (nSPS) is 15.7. The molecule has 0 spiro atoms. The lowest BCUT2D eigenvalue weighted by atomic mass is 10.0. The van der Waals surface area contributed by atoms with Crippen LogP contribution in [0.15, 0.2) is 48.5 Å². The number of ether oxygens (including phenoxy) is 1. The van der Waals surface area contributed by atoms with E-state index in [4.69, 9.17) is 4.74 Å². The maximum Gasteiger partial charge on any atom is 0.256 e. The Morgan fingerprint density at radius 2 is 1.59 bits per heavy atom. The molecular formula is C29H43N3O2. The minimum absolute atomic E-state index is 0.0727. The molecular weight excluding hydrogens is 422 g/mol. The van der Waals surface area contributed by atoms with Crippen molar-refractivity contribution in [3.05, 3.63) is 54.1 Å². The second-order valence-corrected chi connectivity index (χ2v) is 9.26. The summed E-state index contributed by atoms with van der Waals surface area (Å²) in [5.74, 6) is 0.586. The zero-order valence-corrected chi connectivity index (χ0v) is 20.9. The molecule has 0 aliphatic carbocycles. The summed E-state index contributed by atoms with van der Waals surface area (Å²) in [6.45, 7) is 5.38. The Labute approximate surface area is 206 Å². The zero-order valence-electron chi connectivity index (χ0n) is 20.9. The van der Waals surface area contributed by atoms with Gasteiger partial charge in [-0.3, -0.25) is 10.1 Å². The fourth-order valence-corrected chi connectivity index (χ4v) is 4.47. The monoisotopic (exact) mass is 465 g/mol. The van der Waals surface area contributed by atoms with Crippen LogP contribution in [-0.2, 0) is 0 Å². The van der Waals surface area contributed by atoms with Crippen LogP contribution in [0.4, 0.5) is 0 Å². The minimum atomic E-state index is -0.0999. The highest BCUT2D eigenvalue weighted by Crippen LogP contribution is 2.33. The summed E-state index contributed by atoms with van der Waals surface area (Å²) in [5, 5.41) is 9.76. The van der Waals surface area contributed by atoms with E-state index in [1.54, 1.807) is 0 Å². The molecule has 5 nitrogen and oxygen atoms in total. The molecule has 1 saturated heterocycles. The lowest BCUT2D eigenvalue weighted by Gasteiger charge is -2.26. The van der Waals surface area contributed by atoms with E-state index in [1.807, 2.05) is 36.4 Å². The van der Waals surface area contributed by atoms with Crippen LogP contribution in [0.25, 0.3) is 11.1 Å². The van der Waals surface area contributed by atoms with Crippen LogP contribution in [0.3, 0.4) is 0 Å². The first-order valence-corrected chi connectivity index (χ1v) is 13.4. The molecule has 186 valence electrons. The average molecular weight is 466 g/mol. The Morgan fingerprint density at radius 1 is 0.882 bits per heavy atom. The molecule has 1 heterocycles. The van der Waals surface area contributed by atoms with E-state index < -0.39 is 0 Å². The Hall–Kier alpha value is -2.37. The fourth-order valence-electron chi connectivity index (χ4n) is 4.47. The highest BCUT2D eigenvalue weighted by Gasteiger charge is 2.21. The SMILES string of the molecule is CCCCCCCCCCCCOc1c(C(=O)NC2CNCCN2)cccc1-c1ccccc1. The molecule has 1 atom stereocenters. The molecule has 5 heteroatoms. The van der Waals surface area contributed by atoms with Gasteiger partial charge in [0.1, 0.15) is 5.75 Å². The summed E-state index contributed by atoms with van der Waals surface area (Å²) in [4.78, 5) is 13.2. The number of nitrogens with one attached hydrogen (secondary N) is 3. The molecule has 1 aliphatic heterocycles. The van der Waals surface area contributed by atoms with Gasteiger partial charge in [-0.05, 0) is 18.1 Å². The molecule has 0 saturated carbocycles. The van der Waals surface area contributed by atoms with Gasteiger partial charge in [0.25, 0.3) is 5.91 Å². The van der Waals surface area contributed by atoms with Crippen molar-refractivity contribution in [3.8, 4) is 16.9 Å². The molecule has 2 aromatic rings. The number of rotatable bonds is 15. The van der Waals surface area contributed by atoms with Crippen molar-refractivity contribution in [3.63, 3.8) is 0 Å². The first kappa shape index (κ1) is 26.2. The largest absolute Gasteiger partial charge is 0.492 e. The number of hydrogen-bond acceptors (Lipinski definition) is 4. The van der Waals surface area contributed by atoms with E-state index >= 15 is 0 Å². The molecule has 0 bridgehead atoms. The van der Waals surface area contributed by atoms with Gasteiger partial charge in [-0.15, -0.1) is 0 Å². The highest BCUT2D eigenvalue weighted by atomic mass is 16.5. The number of hydrogen-bond donors (Lipinski definition) is 3. The number of unbranched alkanes of at least 4 members (excludes halogenated alkanes) is 9. The average Bonchev–Trinajstić information content (AvgIpc) is 2.88. The van der Waals surface area contributed by atoms with Crippen molar-refractivity contribution in [1.29, 1.82) is 0 Å². The quantitative estimate of drug-likeness (QED) is 0.287. The minimum Gasteiger partial charge on any atom is -0.492 e. The Balaban J connectivity index is 1.55. The van der Waals surface area contributed by atoms with Crippen LogP contribution in [0.5, 0.6) is 5.75 Å². The van der Waals surface area contributed by atoms with Crippen molar-refractivity contribution in [1.82, 2.24) is 16.0 Å². The summed E-state index contributed by atoms with van der Waals surface area (Å²) >= 11 is 0. The van der Waals surface area contributed by atoms with Crippen LogP contribution >= 0.6 is 0 Å². The number of carbonyl (C=O) groups is 1. The summed E-state index contributed by atoms with van der Waals surface area (Å²) in [5.41, 5.74) is 2.63. The first-order valence-electron chi connectivity index (χ1n) is 13.4. The maximum absolute atomic E-state index is 13.2. The Bertz CT molecular complexity index is 835. The van der Waals surface area contributed by atoms with E-state index in [0.717, 1.165) is 37.2 Å². The summed E-state index contributed by atoms with van der Waals surface area (Å²) in [6, 6.07) is 16.0. The van der Waals surface area contributed by atoms with Gasteiger partial charge in [0.05, 0.1) is 18.3 Å². The van der Waals surface area contributed by atoms with E-state index in [1.165, 1.54) is 57.8 Å². The molecule has 1 amide bonds. The third-order valence-corrected chi connectivity index (χ3v) is 6.44. The van der Waals surface area contributed by atoms with Crippen LogP contribution in [0.2, 0.25) is 0 Å². The number of benzene rings is 2. The second kappa shape index (κ2) is 15.5. The Kier molecular flexibility index (Phi) is 12.0. The van der Waals surface area contributed by atoms with Gasteiger partial charge in [0.15, 0.2) is 0 Å². The first-order chi connectivity index (χ1) is 16.8. The van der Waals surface area contributed by atoms with E-state index in [-0.39, 0.29) is 12.1 Å². The van der Waals surface area contributed by atoms with Crippen LogP contribution in [-0.4, -0.2) is 38.3 Å². The van der Waals surface area contributed by atoms with Gasteiger partial charge in [-0.1, -0.05) is 107 Å². The number of piperazine rings is 1. The lowest BCUT2D eigenvalue weighted by molar-refractivity contribution is 0.0920. The topological polar surface area (TPSA) is 62.4 Å². The maximum atomic E-state index is 13.2. The zero-order chi connectivity index (χ0) is 23.8. The number of carbonyl (C=O) groups excluding carboxylic acids is 1. The standard InChI is InChI=1S/C29H43N3O2/c1-2-3-4-5-6-7-8-9-10-14-22-34-28-25(24-16-12-11-13-17-24)18-15-19-26(28)29(33)32-27-23-30-20-21-31-27/h11-13,15-19,27,30-31H,2-10,14,20-23H2,1H3,(H,32,33). The second-order valence-electron chi connectivity index (χ2n) is 9.26. The van der Waals surface area contributed by atoms with Gasteiger partial charge in [0.2, 0.25) is 0 Å². The van der Waals surface area contributed by atoms with Crippen LogP contribution in [0, 0.1) is 0 Å². The number of para-hydroxylation sites is 1. The Morgan fingerprint density at radius 3 is 2.26 bits per heavy atom. The molecule has 0 aromatic heterocycles. The predicted molar refractivity (Wildman–Crippen MR) is 141 cm³/mol. The molecule has 1 unspecified atom stereocenters. The fraction of sp³-hybridized carbons (Fsp3) is 0.552. The van der Waals surface area contributed by atoms with Crippen LogP contribution in [0.1, 0.15) is 81.5 Å². The van der Waals surface area contributed by atoms with Crippen molar-refractivity contribution >= 4 is 5.91 Å². The highest BCUT2D eigenvalue weighted by molar-refractivity contribution is 5.99. The molecule has 2 aromatic carbocycles. The molecule has 3 N–H and O–H groups in total. The molecule has 1 fully saturated rings.